The Morgan fingerprint density at radius 1 is 1.53 bits per heavy atom. The summed E-state index contributed by atoms with van der Waals surface area (Å²) in [5, 5.41) is 8.84. The van der Waals surface area contributed by atoms with Crippen LogP contribution in [0.2, 0.25) is 0 Å². The van der Waals surface area contributed by atoms with E-state index in [0.29, 0.717) is 5.56 Å². The standard InChI is InChI=1S/C12H15N3/c1-12(2)5-3-7-15(12)11-8-10(9-13)4-6-14-11/h4,6,8H,3,5,7H2,1-2H3. The van der Waals surface area contributed by atoms with Gasteiger partial charge in [-0.1, -0.05) is 0 Å². The number of anilines is 1. The predicted octanol–water partition coefficient (Wildman–Crippen LogP) is 2.33. The molecular formula is C12H15N3. The quantitative estimate of drug-likeness (QED) is 0.700. The van der Waals surface area contributed by atoms with Crippen molar-refractivity contribution in [1.29, 1.82) is 5.26 Å². The van der Waals surface area contributed by atoms with Crippen LogP contribution in [0.15, 0.2) is 18.3 Å². The van der Waals surface area contributed by atoms with Gasteiger partial charge < -0.3 is 4.90 Å². The summed E-state index contributed by atoms with van der Waals surface area (Å²) in [6, 6.07) is 5.76. The zero-order chi connectivity index (χ0) is 10.9. The van der Waals surface area contributed by atoms with Crippen molar-refractivity contribution in [1.82, 2.24) is 4.98 Å². The lowest BCUT2D eigenvalue weighted by molar-refractivity contribution is 0.514. The number of nitrogens with zero attached hydrogens (tertiary/aromatic N) is 3. The van der Waals surface area contributed by atoms with Crippen LogP contribution in [-0.2, 0) is 0 Å². The van der Waals surface area contributed by atoms with Gasteiger partial charge in [0.05, 0.1) is 11.6 Å². The molecule has 1 fully saturated rings. The van der Waals surface area contributed by atoms with Crippen LogP contribution in [0, 0.1) is 11.3 Å². The number of pyridine rings is 1. The Bertz CT molecular complexity index is 404. The highest BCUT2D eigenvalue weighted by Crippen LogP contribution is 2.32. The molecule has 15 heavy (non-hydrogen) atoms. The molecule has 78 valence electrons. The molecule has 0 aliphatic carbocycles. The Morgan fingerprint density at radius 3 is 2.93 bits per heavy atom. The lowest BCUT2D eigenvalue weighted by atomic mass is 10.0. The van der Waals surface area contributed by atoms with Gasteiger partial charge in [0, 0.05) is 18.3 Å². The molecule has 1 aromatic rings. The van der Waals surface area contributed by atoms with Crippen molar-refractivity contribution in [3.05, 3.63) is 23.9 Å². The molecule has 0 aromatic carbocycles. The summed E-state index contributed by atoms with van der Waals surface area (Å²) >= 11 is 0. The molecule has 0 saturated carbocycles. The Hall–Kier alpha value is -1.56. The zero-order valence-corrected chi connectivity index (χ0v) is 9.20. The topological polar surface area (TPSA) is 39.9 Å². The number of hydrogen-bond donors (Lipinski definition) is 0. The van der Waals surface area contributed by atoms with E-state index in [-0.39, 0.29) is 5.54 Å². The molecule has 0 atom stereocenters. The van der Waals surface area contributed by atoms with Crippen LogP contribution in [0.4, 0.5) is 5.82 Å². The third-order valence-corrected chi connectivity index (χ3v) is 3.05. The van der Waals surface area contributed by atoms with Crippen molar-refractivity contribution in [3.63, 3.8) is 0 Å². The fourth-order valence-electron chi connectivity index (χ4n) is 2.17. The van der Waals surface area contributed by atoms with E-state index < -0.39 is 0 Å². The molecular weight excluding hydrogens is 186 g/mol. The monoisotopic (exact) mass is 201 g/mol. The van der Waals surface area contributed by atoms with E-state index >= 15 is 0 Å². The molecule has 1 aliphatic rings. The van der Waals surface area contributed by atoms with E-state index in [2.05, 4.69) is 29.8 Å². The van der Waals surface area contributed by atoms with E-state index in [1.165, 1.54) is 12.8 Å². The largest absolute Gasteiger partial charge is 0.351 e. The van der Waals surface area contributed by atoms with Crippen LogP contribution in [0.3, 0.4) is 0 Å². The number of rotatable bonds is 1. The fraction of sp³-hybridized carbons (Fsp3) is 0.500. The van der Waals surface area contributed by atoms with E-state index in [1.807, 2.05) is 6.07 Å². The van der Waals surface area contributed by atoms with Gasteiger partial charge >= 0.3 is 0 Å². The summed E-state index contributed by atoms with van der Waals surface area (Å²) in [5.74, 6) is 0.927. The normalized spacial score (nSPS) is 18.9. The smallest absolute Gasteiger partial charge is 0.130 e. The van der Waals surface area contributed by atoms with Crippen LogP contribution in [0.5, 0.6) is 0 Å². The first-order valence-corrected chi connectivity index (χ1v) is 5.27. The molecule has 0 unspecified atom stereocenters. The Balaban J connectivity index is 2.34. The van der Waals surface area contributed by atoms with Crippen molar-refractivity contribution in [2.24, 2.45) is 0 Å². The molecule has 2 rings (SSSR count). The molecule has 1 aliphatic heterocycles. The maximum atomic E-state index is 8.84. The molecule has 0 amide bonds. The Kier molecular flexibility index (Phi) is 2.36. The van der Waals surface area contributed by atoms with Gasteiger partial charge in [-0.25, -0.2) is 4.98 Å². The lowest BCUT2D eigenvalue weighted by Crippen LogP contribution is -2.38. The van der Waals surface area contributed by atoms with Gasteiger partial charge in [0.25, 0.3) is 0 Å². The van der Waals surface area contributed by atoms with E-state index in [9.17, 15) is 0 Å². The third-order valence-electron chi connectivity index (χ3n) is 3.05. The van der Waals surface area contributed by atoms with Crippen LogP contribution >= 0.6 is 0 Å². The van der Waals surface area contributed by atoms with Gasteiger partial charge in [-0.05, 0) is 38.8 Å². The first-order valence-electron chi connectivity index (χ1n) is 5.27. The minimum Gasteiger partial charge on any atom is -0.351 e. The zero-order valence-electron chi connectivity index (χ0n) is 9.20. The minimum absolute atomic E-state index is 0.168. The van der Waals surface area contributed by atoms with Gasteiger partial charge in [0.2, 0.25) is 0 Å². The van der Waals surface area contributed by atoms with Crippen molar-refractivity contribution in [3.8, 4) is 6.07 Å². The highest BCUT2D eigenvalue weighted by Gasteiger charge is 2.32. The molecule has 0 radical (unpaired) electrons. The molecule has 1 aromatic heterocycles. The molecule has 2 heterocycles. The third kappa shape index (κ3) is 1.80. The van der Waals surface area contributed by atoms with E-state index in [1.54, 1.807) is 12.3 Å². The summed E-state index contributed by atoms with van der Waals surface area (Å²) in [6.45, 7) is 5.48. The van der Waals surface area contributed by atoms with Crippen LogP contribution in [-0.4, -0.2) is 17.1 Å². The highest BCUT2D eigenvalue weighted by atomic mass is 15.3. The molecule has 3 heteroatoms. The van der Waals surface area contributed by atoms with Gasteiger partial charge in [-0.3, -0.25) is 0 Å². The summed E-state index contributed by atoms with van der Waals surface area (Å²) < 4.78 is 0. The van der Waals surface area contributed by atoms with Crippen LogP contribution < -0.4 is 4.90 Å². The van der Waals surface area contributed by atoms with E-state index in [4.69, 9.17) is 5.26 Å². The van der Waals surface area contributed by atoms with Gasteiger partial charge in [-0.15, -0.1) is 0 Å². The fourth-order valence-corrected chi connectivity index (χ4v) is 2.17. The van der Waals surface area contributed by atoms with Crippen molar-refractivity contribution < 1.29 is 0 Å². The van der Waals surface area contributed by atoms with Crippen LogP contribution in [0.1, 0.15) is 32.3 Å². The second kappa shape index (κ2) is 3.54. The average molecular weight is 201 g/mol. The highest BCUT2D eigenvalue weighted by molar-refractivity contribution is 5.47. The van der Waals surface area contributed by atoms with Gasteiger partial charge in [-0.2, -0.15) is 5.26 Å². The SMILES string of the molecule is CC1(C)CCCN1c1cc(C#N)ccn1. The summed E-state index contributed by atoms with van der Waals surface area (Å²) in [7, 11) is 0. The first kappa shape index (κ1) is 9.97. The van der Waals surface area contributed by atoms with Crippen LogP contribution in [0.25, 0.3) is 0 Å². The molecule has 1 saturated heterocycles. The summed E-state index contributed by atoms with van der Waals surface area (Å²) in [6.07, 6.45) is 4.10. The maximum absolute atomic E-state index is 8.84. The number of aromatic nitrogens is 1. The Morgan fingerprint density at radius 2 is 2.33 bits per heavy atom. The van der Waals surface area contributed by atoms with Gasteiger partial charge in [0.1, 0.15) is 5.82 Å². The maximum Gasteiger partial charge on any atom is 0.130 e. The molecule has 3 nitrogen and oxygen atoms in total. The van der Waals surface area contributed by atoms with Gasteiger partial charge in [0.15, 0.2) is 0 Å². The summed E-state index contributed by atoms with van der Waals surface area (Å²) in [5.41, 5.74) is 0.851. The Labute approximate surface area is 90.4 Å². The van der Waals surface area contributed by atoms with Crippen molar-refractivity contribution in [2.75, 3.05) is 11.4 Å². The molecule has 0 spiro atoms. The second-order valence-electron chi connectivity index (χ2n) is 4.58. The molecule has 0 N–H and O–H groups in total. The second-order valence-corrected chi connectivity index (χ2v) is 4.58. The first-order chi connectivity index (χ1) is 7.13. The average Bonchev–Trinajstić information content (AvgIpc) is 2.58. The number of hydrogen-bond acceptors (Lipinski definition) is 3. The lowest BCUT2D eigenvalue weighted by Gasteiger charge is -2.32. The molecule has 0 bridgehead atoms. The van der Waals surface area contributed by atoms with E-state index in [0.717, 1.165) is 12.4 Å². The number of nitriles is 1. The summed E-state index contributed by atoms with van der Waals surface area (Å²) in [4.78, 5) is 6.63. The predicted molar refractivity (Wildman–Crippen MR) is 59.6 cm³/mol. The van der Waals surface area contributed by atoms with Crippen molar-refractivity contribution in [2.45, 2.75) is 32.2 Å². The minimum atomic E-state index is 0.168. The van der Waals surface area contributed by atoms with Crippen molar-refractivity contribution >= 4 is 5.82 Å².